The summed E-state index contributed by atoms with van der Waals surface area (Å²) >= 11 is 1.49. The summed E-state index contributed by atoms with van der Waals surface area (Å²) in [4.78, 5) is 23.6. The number of fused-ring (bicyclic) bond motifs is 3. The summed E-state index contributed by atoms with van der Waals surface area (Å²) in [7, 11) is 5.77. The Morgan fingerprint density at radius 2 is 2.07 bits per heavy atom. The molecule has 0 atom stereocenters. The molecule has 4 rings (SSSR count). The van der Waals surface area contributed by atoms with E-state index in [9.17, 15) is 4.79 Å². The fourth-order valence-corrected chi connectivity index (χ4v) is 5.18. The third-order valence-corrected chi connectivity index (χ3v) is 6.92. The van der Waals surface area contributed by atoms with E-state index in [1.807, 2.05) is 18.1 Å². The molecule has 3 aromatic rings. The summed E-state index contributed by atoms with van der Waals surface area (Å²) in [6.45, 7) is 2.48. The number of carbonyl (C=O) groups is 1. The minimum atomic E-state index is 0.122. The Labute approximate surface area is 176 Å². The maximum atomic E-state index is 13.0. The van der Waals surface area contributed by atoms with E-state index in [4.69, 9.17) is 9.72 Å². The number of benzene rings is 1. The third kappa shape index (κ3) is 4.32. The molecule has 2 heterocycles. The number of imidazole rings is 1. The summed E-state index contributed by atoms with van der Waals surface area (Å²) in [6, 6.07) is 6.78. The minimum absolute atomic E-state index is 0.122. The first-order chi connectivity index (χ1) is 14.1. The molecule has 0 N–H and O–H groups in total. The highest BCUT2D eigenvalue weighted by Crippen LogP contribution is 2.28. The van der Waals surface area contributed by atoms with Crippen molar-refractivity contribution in [3.63, 3.8) is 0 Å². The van der Waals surface area contributed by atoms with Crippen molar-refractivity contribution in [3.05, 3.63) is 34.8 Å². The van der Waals surface area contributed by atoms with Crippen LogP contribution in [-0.2, 0) is 11.3 Å². The molecule has 0 unspecified atom stereocenters. The van der Waals surface area contributed by atoms with Gasteiger partial charge in [-0.1, -0.05) is 36.7 Å². The molecule has 0 bridgehead atoms. The summed E-state index contributed by atoms with van der Waals surface area (Å²) in [5.41, 5.74) is 3.27. The van der Waals surface area contributed by atoms with Crippen molar-refractivity contribution in [1.82, 2.24) is 19.2 Å². The van der Waals surface area contributed by atoms with Crippen LogP contribution in [-0.4, -0.2) is 65.5 Å². The van der Waals surface area contributed by atoms with E-state index >= 15 is 0 Å². The van der Waals surface area contributed by atoms with Gasteiger partial charge < -0.3 is 9.64 Å². The average molecular weight is 415 g/mol. The van der Waals surface area contributed by atoms with Crippen LogP contribution in [0.2, 0.25) is 0 Å². The number of rotatable bonds is 7. The lowest BCUT2D eigenvalue weighted by atomic mass is 9.94. The maximum Gasteiger partial charge on any atom is 0.265 e. The molecular weight excluding hydrogens is 384 g/mol. The normalized spacial score (nSPS) is 15.6. The first kappa shape index (κ1) is 20.3. The van der Waals surface area contributed by atoms with Crippen LogP contribution in [0.4, 0.5) is 0 Å². The SMILES string of the molecule is COCCN(C)Cc1ccc2c(c1)nc1sc(C(=O)N(C)C3CCCCC3)cn12. The Hall–Kier alpha value is -1.96. The summed E-state index contributed by atoms with van der Waals surface area (Å²) in [6.07, 6.45) is 7.95. The van der Waals surface area contributed by atoms with E-state index in [2.05, 4.69) is 34.5 Å². The standard InChI is InChI=1S/C22H30N4O2S/c1-24(11-12-28-3)14-16-9-10-19-18(13-16)23-22-26(19)15-20(29-22)21(27)25(2)17-7-5-4-6-8-17/h9-10,13,15,17H,4-8,11-12,14H2,1-3H3. The molecule has 1 aromatic carbocycles. The van der Waals surface area contributed by atoms with Gasteiger partial charge in [-0.2, -0.15) is 0 Å². The number of methoxy groups -OCH3 is 1. The zero-order chi connectivity index (χ0) is 20.4. The zero-order valence-corrected chi connectivity index (χ0v) is 18.4. The van der Waals surface area contributed by atoms with Crippen LogP contribution in [0, 0.1) is 0 Å². The van der Waals surface area contributed by atoms with Crippen molar-refractivity contribution < 1.29 is 9.53 Å². The molecule has 0 spiro atoms. The Balaban J connectivity index is 1.53. The van der Waals surface area contributed by atoms with Crippen molar-refractivity contribution in [1.29, 1.82) is 0 Å². The van der Waals surface area contributed by atoms with Gasteiger partial charge in [0.2, 0.25) is 0 Å². The van der Waals surface area contributed by atoms with Gasteiger partial charge >= 0.3 is 0 Å². The number of nitrogens with zero attached hydrogens (tertiary/aromatic N) is 4. The minimum Gasteiger partial charge on any atom is -0.383 e. The first-order valence-electron chi connectivity index (χ1n) is 10.4. The Bertz CT molecular complexity index is 989. The summed E-state index contributed by atoms with van der Waals surface area (Å²) < 4.78 is 7.20. The molecule has 0 saturated heterocycles. The Morgan fingerprint density at radius 3 is 2.83 bits per heavy atom. The second kappa shape index (κ2) is 8.81. The number of carbonyl (C=O) groups excluding carboxylic acids is 1. The van der Waals surface area contributed by atoms with Gasteiger partial charge in [-0.15, -0.1) is 0 Å². The largest absolute Gasteiger partial charge is 0.383 e. The molecule has 7 heteroatoms. The van der Waals surface area contributed by atoms with E-state index in [-0.39, 0.29) is 5.91 Å². The van der Waals surface area contributed by atoms with E-state index in [1.165, 1.54) is 36.2 Å². The topological polar surface area (TPSA) is 50.1 Å². The van der Waals surface area contributed by atoms with Crippen LogP contribution in [0.15, 0.2) is 24.4 Å². The maximum absolute atomic E-state index is 13.0. The van der Waals surface area contributed by atoms with E-state index in [1.54, 1.807) is 7.11 Å². The lowest BCUT2D eigenvalue weighted by Gasteiger charge is -2.30. The van der Waals surface area contributed by atoms with Gasteiger partial charge in [0.25, 0.3) is 5.91 Å². The fourth-order valence-electron chi connectivity index (χ4n) is 4.20. The van der Waals surface area contributed by atoms with Crippen molar-refractivity contribution in [2.75, 3.05) is 34.4 Å². The monoisotopic (exact) mass is 414 g/mol. The summed E-state index contributed by atoms with van der Waals surface area (Å²) in [5, 5.41) is 0. The first-order valence-corrected chi connectivity index (χ1v) is 11.2. The van der Waals surface area contributed by atoms with Crippen molar-refractivity contribution in [3.8, 4) is 0 Å². The lowest BCUT2D eigenvalue weighted by Crippen LogP contribution is -2.37. The molecule has 1 amide bonds. The van der Waals surface area contributed by atoms with Crippen LogP contribution in [0.25, 0.3) is 16.0 Å². The van der Waals surface area contributed by atoms with Crippen LogP contribution in [0.1, 0.15) is 47.3 Å². The van der Waals surface area contributed by atoms with Gasteiger partial charge in [-0.3, -0.25) is 14.1 Å². The van der Waals surface area contributed by atoms with Gasteiger partial charge in [-0.25, -0.2) is 4.98 Å². The summed E-state index contributed by atoms with van der Waals surface area (Å²) in [5.74, 6) is 0.122. The van der Waals surface area contributed by atoms with Crippen molar-refractivity contribution in [2.24, 2.45) is 0 Å². The van der Waals surface area contributed by atoms with Gasteiger partial charge in [0.1, 0.15) is 4.88 Å². The van der Waals surface area contributed by atoms with Crippen LogP contribution >= 0.6 is 11.3 Å². The number of thiazole rings is 1. The second-order valence-corrected chi connectivity index (χ2v) is 9.13. The van der Waals surface area contributed by atoms with Crippen molar-refractivity contribution >= 4 is 33.2 Å². The molecule has 156 valence electrons. The molecule has 1 aliphatic rings. The highest BCUT2D eigenvalue weighted by Gasteiger charge is 2.25. The molecule has 6 nitrogen and oxygen atoms in total. The van der Waals surface area contributed by atoms with Crippen LogP contribution in [0.5, 0.6) is 0 Å². The van der Waals surface area contributed by atoms with E-state index in [0.717, 1.165) is 53.4 Å². The second-order valence-electron chi connectivity index (χ2n) is 8.12. The molecule has 29 heavy (non-hydrogen) atoms. The molecule has 1 aliphatic carbocycles. The third-order valence-electron chi connectivity index (χ3n) is 5.95. The number of hydrogen-bond donors (Lipinski definition) is 0. The quantitative estimate of drug-likeness (QED) is 0.586. The van der Waals surface area contributed by atoms with Gasteiger partial charge in [0, 0.05) is 39.5 Å². The van der Waals surface area contributed by atoms with Gasteiger partial charge in [0.05, 0.1) is 17.6 Å². The number of ether oxygens (including phenoxy) is 1. The number of amides is 1. The van der Waals surface area contributed by atoms with E-state index in [0.29, 0.717) is 6.04 Å². The number of likely N-dealkylation sites (N-methyl/N-ethyl adjacent to an activating group) is 1. The van der Waals surface area contributed by atoms with E-state index < -0.39 is 0 Å². The molecular formula is C22H30N4O2S. The predicted octanol–water partition coefficient (Wildman–Crippen LogP) is 4.03. The molecule has 2 aromatic heterocycles. The number of aromatic nitrogens is 2. The molecule has 1 saturated carbocycles. The van der Waals surface area contributed by atoms with Gasteiger partial charge in [-0.05, 0) is 37.6 Å². The molecule has 0 aliphatic heterocycles. The van der Waals surface area contributed by atoms with Crippen LogP contribution < -0.4 is 0 Å². The average Bonchev–Trinajstić information content (AvgIpc) is 3.29. The number of hydrogen-bond acceptors (Lipinski definition) is 5. The highest BCUT2D eigenvalue weighted by atomic mass is 32.1. The predicted molar refractivity (Wildman–Crippen MR) is 118 cm³/mol. The zero-order valence-electron chi connectivity index (χ0n) is 17.6. The lowest BCUT2D eigenvalue weighted by molar-refractivity contribution is 0.0701. The van der Waals surface area contributed by atoms with Gasteiger partial charge in [0.15, 0.2) is 4.96 Å². The van der Waals surface area contributed by atoms with Crippen LogP contribution in [0.3, 0.4) is 0 Å². The van der Waals surface area contributed by atoms with Crippen molar-refractivity contribution in [2.45, 2.75) is 44.7 Å². The molecule has 1 fully saturated rings. The highest BCUT2D eigenvalue weighted by molar-refractivity contribution is 7.18. The molecule has 0 radical (unpaired) electrons. The Morgan fingerprint density at radius 1 is 1.28 bits per heavy atom. The Kier molecular flexibility index (Phi) is 6.18. The smallest absolute Gasteiger partial charge is 0.265 e. The fraction of sp³-hybridized carbons (Fsp3) is 0.545.